The van der Waals surface area contributed by atoms with Crippen LogP contribution >= 0.6 is 11.8 Å². The van der Waals surface area contributed by atoms with Crippen LogP contribution in [0.25, 0.3) is 17.1 Å². The number of amides is 1. The molecule has 0 aliphatic heterocycles. The number of hydrogen-bond donors (Lipinski definition) is 2. The van der Waals surface area contributed by atoms with Gasteiger partial charge in [0.15, 0.2) is 11.0 Å². The molecular weight excluding hydrogens is 462 g/mol. The molecule has 1 amide bonds. The number of carbonyl (C=O) groups is 2. The lowest BCUT2D eigenvalue weighted by atomic mass is 10.1. The quantitative estimate of drug-likeness (QED) is 0.216. The smallest absolute Gasteiger partial charge is 0.335 e. The van der Waals surface area contributed by atoms with Crippen LogP contribution in [0.15, 0.2) is 83.1 Å². The summed E-state index contributed by atoms with van der Waals surface area (Å²) in [5.41, 5.74) is 7.47. The van der Waals surface area contributed by atoms with E-state index in [4.69, 9.17) is 5.11 Å². The number of carbonyl (C=O) groups excluding carboxylic acids is 1. The fourth-order valence-electron chi connectivity index (χ4n) is 3.23. The van der Waals surface area contributed by atoms with Gasteiger partial charge in [-0.15, -0.1) is 10.2 Å². The second-order valence-corrected chi connectivity index (χ2v) is 8.79. The van der Waals surface area contributed by atoms with Gasteiger partial charge in [0.05, 0.1) is 17.5 Å². The Balaban J connectivity index is 1.47. The van der Waals surface area contributed by atoms with Gasteiger partial charge in [-0.2, -0.15) is 5.10 Å². The summed E-state index contributed by atoms with van der Waals surface area (Å²) in [6.07, 6.45) is 1.46. The lowest BCUT2D eigenvalue weighted by Crippen LogP contribution is -2.20. The van der Waals surface area contributed by atoms with E-state index in [-0.39, 0.29) is 17.2 Å². The summed E-state index contributed by atoms with van der Waals surface area (Å²) >= 11 is 1.26. The number of carboxylic acid groups (broad SMARTS) is 1. The number of nitrogens with zero attached hydrogens (tertiary/aromatic N) is 4. The fourth-order valence-corrected chi connectivity index (χ4v) is 3.98. The predicted octanol–water partition coefficient (Wildman–Crippen LogP) is 4.49. The third-order valence-electron chi connectivity index (χ3n) is 5.13. The zero-order valence-electron chi connectivity index (χ0n) is 19.2. The normalized spacial score (nSPS) is 11.0. The molecule has 4 rings (SSSR count). The average molecular weight is 486 g/mol. The molecule has 0 spiro atoms. The number of aromatic carboxylic acids is 1. The van der Waals surface area contributed by atoms with E-state index in [1.54, 1.807) is 12.1 Å². The van der Waals surface area contributed by atoms with Gasteiger partial charge in [0, 0.05) is 11.3 Å². The molecule has 0 atom stereocenters. The van der Waals surface area contributed by atoms with E-state index < -0.39 is 5.97 Å². The van der Waals surface area contributed by atoms with Crippen LogP contribution in [0.1, 0.15) is 27.0 Å². The number of carboxylic acids is 1. The lowest BCUT2D eigenvalue weighted by molar-refractivity contribution is -0.118. The van der Waals surface area contributed by atoms with E-state index in [1.807, 2.05) is 66.9 Å². The Bertz CT molecular complexity index is 1360. The number of nitrogens with one attached hydrogen (secondary N) is 1. The molecule has 3 aromatic carbocycles. The van der Waals surface area contributed by atoms with Crippen molar-refractivity contribution in [3.63, 3.8) is 0 Å². The Morgan fingerprint density at radius 2 is 1.57 bits per heavy atom. The second kappa shape index (κ2) is 10.8. The van der Waals surface area contributed by atoms with Gasteiger partial charge in [0.25, 0.3) is 5.91 Å². The van der Waals surface area contributed by atoms with Crippen molar-refractivity contribution in [2.75, 3.05) is 5.75 Å². The topological polar surface area (TPSA) is 109 Å². The van der Waals surface area contributed by atoms with Crippen molar-refractivity contribution in [2.24, 2.45) is 5.10 Å². The number of thioether (sulfide) groups is 1. The monoisotopic (exact) mass is 485 g/mol. The number of hydrazone groups is 1. The summed E-state index contributed by atoms with van der Waals surface area (Å²) in [4.78, 5) is 23.3. The maximum Gasteiger partial charge on any atom is 0.335 e. The van der Waals surface area contributed by atoms with Crippen LogP contribution in [0.5, 0.6) is 0 Å². The van der Waals surface area contributed by atoms with E-state index in [9.17, 15) is 9.59 Å². The Labute approximate surface area is 206 Å². The van der Waals surface area contributed by atoms with E-state index in [0.29, 0.717) is 16.5 Å². The first kappa shape index (κ1) is 23.9. The number of aromatic nitrogens is 3. The van der Waals surface area contributed by atoms with Gasteiger partial charge in [-0.3, -0.25) is 9.36 Å². The van der Waals surface area contributed by atoms with E-state index >= 15 is 0 Å². The molecule has 0 aliphatic rings. The molecule has 0 saturated carbocycles. The molecule has 0 fully saturated rings. The predicted molar refractivity (Wildman–Crippen MR) is 136 cm³/mol. The van der Waals surface area contributed by atoms with Gasteiger partial charge in [0.2, 0.25) is 0 Å². The number of hydrogen-bond acceptors (Lipinski definition) is 6. The standard InChI is InChI=1S/C26H23N5O3S/c1-17-3-9-20(10-4-17)24-29-30-26(31(24)22-13-5-18(2)6-14-22)35-16-23(32)28-27-15-19-7-11-21(12-8-19)25(33)34/h3-15H,16H2,1-2H3,(H,28,32)(H,33,34). The summed E-state index contributed by atoms with van der Waals surface area (Å²) in [6, 6.07) is 22.3. The molecule has 1 heterocycles. The highest BCUT2D eigenvalue weighted by Gasteiger charge is 2.17. The number of rotatable bonds is 8. The van der Waals surface area contributed by atoms with Crippen LogP contribution in [0.2, 0.25) is 0 Å². The molecule has 8 nitrogen and oxygen atoms in total. The minimum Gasteiger partial charge on any atom is -0.478 e. The SMILES string of the molecule is Cc1ccc(-c2nnc(SCC(=O)NN=Cc3ccc(C(=O)O)cc3)n2-c2ccc(C)cc2)cc1. The first-order valence-electron chi connectivity index (χ1n) is 10.8. The summed E-state index contributed by atoms with van der Waals surface area (Å²) in [5, 5.41) is 22.2. The Morgan fingerprint density at radius 3 is 2.20 bits per heavy atom. The van der Waals surface area contributed by atoms with Crippen LogP contribution in [0, 0.1) is 13.8 Å². The fraction of sp³-hybridized carbons (Fsp3) is 0.115. The summed E-state index contributed by atoms with van der Waals surface area (Å²) < 4.78 is 1.94. The highest BCUT2D eigenvalue weighted by molar-refractivity contribution is 7.99. The maximum atomic E-state index is 12.4. The molecule has 0 saturated heterocycles. The Kier molecular flexibility index (Phi) is 7.37. The summed E-state index contributed by atoms with van der Waals surface area (Å²) in [5.74, 6) is -0.515. The molecule has 9 heteroatoms. The Hall–Kier alpha value is -4.24. The van der Waals surface area contributed by atoms with Crippen LogP contribution in [0.4, 0.5) is 0 Å². The van der Waals surface area contributed by atoms with Crippen LogP contribution < -0.4 is 5.43 Å². The molecule has 35 heavy (non-hydrogen) atoms. The van der Waals surface area contributed by atoms with Crippen molar-refractivity contribution in [1.29, 1.82) is 0 Å². The van der Waals surface area contributed by atoms with Crippen molar-refractivity contribution >= 4 is 29.9 Å². The van der Waals surface area contributed by atoms with Gasteiger partial charge >= 0.3 is 5.97 Å². The van der Waals surface area contributed by atoms with Gasteiger partial charge in [-0.25, -0.2) is 10.2 Å². The van der Waals surface area contributed by atoms with Crippen LogP contribution in [0.3, 0.4) is 0 Å². The molecule has 2 N–H and O–H groups in total. The van der Waals surface area contributed by atoms with Crippen LogP contribution in [-0.4, -0.2) is 43.7 Å². The average Bonchev–Trinajstić information content (AvgIpc) is 3.28. The summed E-state index contributed by atoms with van der Waals surface area (Å²) in [7, 11) is 0. The molecule has 0 aliphatic carbocycles. The van der Waals surface area contributed by atoms with Gasteiger partial charge in [0.1, 0.15) is 0 Å². The van der Waals surface area contributed by atoms with Crippen molar-refractivity contribution in [1.82, 2.24) is 20.2 Å². The van der Waals surface area contributed by atoms with Gasteiger partial charge in [-0.1, -0.05) is 71.4 Å². The van der Waals surface area contributed by atoms with E-state index in [1.165, 1.54) is 30.1 Å². The molecule has 1 aromatic heterocycles. The molecule has 4 aromatic rings. The third kappa shape index (κ3) is 6.01. The van der Waals surface area contributed by atoms with Crippen LogP contribution in [-0.2, 0) is 4.79 Å². The second-order valence-electron chi connectivity index (χ2n) is 7.85. The largest absolute Gasteiger partial charge is 0.478 e. The zero-order valence-corrected chi connectivity index (χ0v) is 20.0. The Morgan fingerprint density at radius 1 is 0.943 bits per heavy atom. The lowest BCUT2D eigenvalue weighted by Gasteiger charge is -2.11. The zero-order chi connectivity index (χ0) is 24.8. The number of benzene rings is 3. The summed E-state index contributed by atoms with van der Waals surface area (Å²) in [6.45, 7) is 4.06. The van der Waals surface area contributed by atoms with E-state index in [2.05, 4.69) is 20.7 Å². The first-order chi connectivity index (χ1) is 16.9. The minimum absolute atomic E-state index is 0.0905. The van der Waals surface area contributed by atoms with Crippen molar-refractivity contribution in [2.45, 2.75) is 19.0 Å². The molecule has 0 radical (unpaired) electrons. The maximum absolute atomic E-state index is 12.4. The molecule has 0 bridgehead atoms. The van der Waals surface area contributed by atoms with Gasteiger partial charge in [-0.05, 0) is 43.7 Å². The van der Waals surface area contributed by atoms with Crippen molar-refractivity contribution < 1.29 is 14.7 Å². The van der Waals surface area contributed by atoms with Gasteiger partial charge < -0.3 is 5.11 Å². The third-order valence-corrected chi connectivity index (χ3v) is 6.06. The highest BCUT2D eigenvalue weighted by atomic mass is 32.2. The number of aryl methyl sites for hydroxylation is 2. The van der Waals surface area contributed by atoms with Crippen molar-refractivity contribution in [3.05, 3.63) is 95.1 Å². The molecule has 176 valence electrons. The first-order valence-corrected chi connectivity index (χ1v) is 11.8. The molecular formula is C26H23N5O3S. The minimum atomic E-state index is -0.997. The highest BCUT2D eigenvalue weighted by Crippen LogP contribution is 2.28. The van der Waals surface area contributed by atoms with E-state index in [0.717, 1.165) is 22.4 Å². The van der Waals surface area contributed by atoms with Crippen molar-refractivity contribution in [3.8, 4) is 17.1 Å². The molecule has 0 unspecified atom stereocenters.